The highest BCUT2D eigenvalue weighted by atomic mass is 32.1. The van der Waals surface area contributed by atoms with E-state index in [-0.39, 0.29) is 23.7 Å². The number of hydrogen-bond donors (Lipinski definition) is 0. The van der Waals surface area contributed by atoms with E-state index in [1.165, 1.54) is 35.9 Å². The molecule has 2 aromatic rings. The fourth-order valence-electron chi connectivity index (χ4n) is 2.53. The third-order valence-electron chi connectivity index (χ3n) is 4.00. The number of aromatic nitrogens is 1. The summed E-state index contributed by atoms with van der Waals surface area (Å²) < 4.78 is 10.8. The zero-order valence-corrected chi connectivity index (χ0v) is 15.3. The van der Waals surface area contributed by atoms with Crippen molar-refractivity contribution >= 4 is 29.0 Å². The van der Waals surface area contributed by atoms with Gasteiger partial charge in [-0.15, -0.1) is 11.3 Å². The second-order valence-corrected chi connectivity index (χ2v) is 7.05. The predicted molar refractivity (Wildman–Crippen MR) is 95.4 cm³/mol. The summed E-state index contributed by atoms with van der Waals surface area (Å²) in [6.45, 7) is 1.85. The van der Waals surface area contributed by atoms with E-state index in [0.29, 0.717) is 35.9 Å². The quantitative estimate of drug-likeness (QED) is 0.313. The number of Topliss-reactive ketones (excluding diaryl/α,β-unsaturated/α-hetero) is 1. The van der Waals surface area contributed by atoms with Crippen molar-refractivity contribution in [3.8, 4) is 0 Å². The molecule has 0 unspecified atom stereocenters. The molecule has 3 rings (SSSR count). The molecule has 0 radical (unpaired) electrons. The van der Waals surface area contributed by atoms with E-state index in [0.717, 1.165) is 4.88 Å². The van der Waals surface area contributed by atoms with Crippen LogP contribution < -0.4 is 4.73 Å². The highest BCUT2D eigenvalue weighted by Gasteiger charge is 2.19. The molecule has 8 nitrogen and oxygen atoms in total. The van der Waals surface area contributed by atoms with Gasteiger partial charge in [-0.2, -0.15) is 4.73 Å². The van der Waals surface area contributed by atoms with E-state index < -0.39 is 12.6 Å². The molecule has 0 aliphatic carbocycles. The highest BCUT2D eigenvalue weighted by Crippen LogP contribution is 2.19. The molecule has 3 heterocycles. The lowest BCUT2D eigenvalue weighted by Gasteiger charge is -2.26. The van der Waals surface area contributed by atoms with Crippen LogP contribution >= 0.6 is 11.3 Å². The second-order valence-electron chi connectivity index (χ2n) is 5.88. The average Bonchev–Trinajstić information content (AvgIpc) is 3.15. The van der Waals surface area contributed by atoms with Crippen LogP contribution in [0.15, 0.2) is 36.7 Å². The number of rotatable bonds is 6. The van der Waals surface area contributed by atoms with E-state index >= 15 is 0 Å². The van der Waals surface area contributed by atoms with Gasteiger partial charge in [0.2, 0.25) is 11.7 Å². The summed E-state index contributed by atoms with van der Waals surface area (Å²) in [4.78, 5) is 39.3. The summed E-state index contributed by atoms with van der Waals surface area (Å²) in [5.74, 6) is -1.01. The van der Waals surface area contributed by atoms with Crippen LogP contribution in [-0.4, -0.2) is 55.5 Å². The van der Waals surface area contributed by atoms with Gasteiger partial charge in [-0.05, 0) is 12.1 Å². The van der Waals surface area contributed by atoms with E-state index in [4.69, 9.17) is 9.47 Å². The zero-order chi connectivity index (χ0) is 19.2. The van der Waals surface area contributed by atoms with E-state index in [1.807, 2.05) is 0 Å². The van der Waals surface area contributed by atoms with Crippen LogP contribution in [0.4, 0.5) is 0 Å². The van der Waals surface area contributed by atoms with Gasteiger partial charge in [0.05, 0.1) is 30.1 Å². The maximum atomic E-state index is 12.2. The molecule has 142 valence electrons. The summed E-state index contributed by atoms with van der Waals surface area (Å²) in [5.41, 5.74) is 0.192. The van der Waals surface area contributed by atoms with Gasteiger partial charge in [-0.25, -0.2) is 4.79 Å². The number of hydrogen-bond acceptors (Lipinski definition) is 7. The minimum absolute atomic E-state index is 0.00488. The first-order valence-corrected chi connectivity index (χ1v) is 9.18. The molecular formula is C18H18N2O6S. The molecule has 2 aromatic heterocycles. The monoisotopic (exact) mass is 390 g/mol. The van der Waals surface area contributed by atoms with E-state index in [9.17, 15) is 19.6 Å². The molecular weight excluding hydrogens is 372 g/mol. The van der Waals surface area contributed by atoms with Crippen molar-refractivity contribution < 1.29 is 28.6 Å². The topological polar surface area (TPSA) is 99.9 Å². The number of carbonyl (C=O) groups is 3. The Balaban J connectivity index is 1.51. The minimum atomic E-state index is -0.678. The Morgan fingerprint density at radius 3 is 2.56 bits per heavy atom. The van der Waals surface area contributed by atoms with Crippen molar-refractivity contribution in [2.24, 2.45) is 0 Å². The van der Waals surface area contributed by atoms with E-state index in [2.05, 4.69) is 0 Å². The Bertz CT molecular complexity index is 827. The van der Waals surface area contributed by atoms with Gasteiger partial charge in [0.15, 0.2) is 19.0 Å². The van der Waals surface area contributed by atoms with Crippen LogP contribution in [0.3, 0.4) is 0 Å². The average molecular weight is 390 g/mol. The summed E-state index contributed by atoms with van der Waals surface area (Å²) in [6, 6.07) is 6.01. The standard InChI is InChI=1S/C18H18N2O6S/c21-15(12-26-18(23)13-3-5-20(24)6-4-13)16-2-1-14(27-16)11-17(22)19-7-9-25-10-8-19/h1-6H,7-12H2. The molecule has 0 aromatic carbocycles. The number of ketones is 1. The van der Waals surface area contributed by atoms with Crippen LogP contribution in [0, 0.1) is 5.21 Å². The first-order valence-electron chi connectivity index (χ1n) is 8.36. The number of pyridine rings is 1. The fraction of sp³-hybridized carbons (Fsp3) is 0.333. The molecule has 0 N–H and O–H groups in total. The number of thiophene rings is 1. The molecule has 1 fully saturated rings. The van der Waals surface area contributed by atoms with Gasteiger partial charge in [-0.1, -0.05) is 0 Å². The molecule has 0 bridgehead atoms. The number of morpholine rings is 1. The third-order valence-corrected chi connectivity index (χ3v) is 5.12. The van der Waals surface area contributed by atoms with Crippen LogP contribution in [0.5, 0.6) is 0 Å². The SMILES string of the molecule is O=C(OCC(=O)c1ccc(CC(=O)N2CCOCC2)s1)c1cc[n+]([O-])cc1. The minimum Gasteiger partial charge on any atom is -0.619 e. The van der Waals surface area contributed by atoms with E-state index in [1.54, 1.807) is 17.0 Å². The number of nitrogens with zero attached hydrogens (tertiary/aromatic N) is 2. The van der Waals surface area contributed by atoms with Gasteiger partial charge >= 0.3 is 5.97 Å². The lowest BCUT2D eigenvalue weighted by molar-refractivity contribution is -0.605. The molecule has 1 aliphatic rings. The van der Waals surface area contributed by atoms with Crippen LogP contribution in [0.25, 0.3) is 0 Å². The Kier molecular flexibility index (Phi) is 6.15. The number of carbonyl (C=O) groups excluding carboxylic acids is 3. The van der Waals surface area contributed by atoms with Crippen LogP contribution in [-0.2, 0) is 20.7 Å². The molecule has 27 heavy (non-hydrogen) atoms. The molecule has 9 heteroatoms. The molecule has 1 amide bonds. The van der Waals surface area contributed by atoms with Gasteiger partial charge in [0.25, 0.3) is 0 Å². The molecule has 0 atom stereocenters. The Morgan fingerprint density at radius 2 is 1.85 bits per heavy atom. The van der Waals surface area contributed by atoms with Crippen molar-refractivity contribution in [1.82, 2.24) is 4.90 Å². The summed E-state index contributed by atoms with van der Waals surface area (Å²) in [7, 11) is 0. The Hall–Kier alpha value is -2.78. The van der Waals surface area contributed by atoms with Crippen LogP contribution in [0.2, 0.25) is 0 Å². The molecule has 0 saturated carbocycles. The fourth-order valence-corrected chi connectivity index (χ4v) is 3.45. The van der Waals surface area contributed by atoms with Crippen molar-refractivity contribution in [1.29, 1.82) is 0 Å². The Morgan fingerprint density at radius 1 is 1.15 bits per heavy atom. The summed E-state index contributed by atoms with van der Waals surface area (Å²) in [5, 5.41) is 11.0. The van der Waals surface area contributed by atoms with Gasteiger partial charge in [0.1, 0.15) is 0 Å². The normalized spacial score (nSPS) is 14.0. The Labute approximate surface area is 159 Å². The second kappa shape index (κ2) is 8.74. The van der Waals surface area contributed by atoms with Gasteiger partial charge in [0, 0.05) is 30.1 Å². The summed E-state index contributed by atoms with van der Waals surface area (Å²) in [6.07, 6.45) is 2.59. The van der Waals surface area contributed by atoms with Crippen molar-refractivity contribution in [2.45, 2.75) is 6.42 Å². The smallest absolute Gasteiger partial charge is 0.339 e. The maximum absolute atomic E-state index is 12.2. The van der Waals surface area contributed by atoms with Crippen LogP contribution in [0.1, 0.15) is 24.9 Å². The lowest BCUT2D eigenvalue weighted by Crippen LogP contribution is -2.41. The number of esters is 1. The van der Waals surface area contributed by atoms with Crippen molar-refractivity contribution in [3.63, 3.8) is 0 Å². The van der Waals surface area contributed by atoms with Gasteiger partial charge < -0.3 is 19.6 Å². The third kappa shape index (κ3) is 5.11. The predicted octanol–water partition coefficient (Wildman–Crippen LogP) is 0.823. The highest BCUT2D eigenvalue weighted by molar-refractivity contribution is 7.14. The molecule has 1 saturated heterocycles. The number of amides is 1. The number of ether oxygens (including phenoxy) is 2. The molecule has 1 aliphatic heterocycles. The largest absolute Gasteiger partial charge is 0.619 e. The molecule has 0 spiro atoms. The van der Waals surface area contributed by atoms with Crippen molar-refractivity contribution in [2.75, 3.05) is 32.9 Å². The lowest BCUT2D eigenvalue weighted by atomic mass is 10.2. The van der Waals surface area contributed by atoms with Crippen molar-refractivity contribution in [3.05, 3.63) is 57.2 Å². The summed E-state index contributed by atoms with van der Waals surface area (Å²) >= 11 is 1.22. The first kappa shape index (κ1) is 19.0. The van der Waals surface area contributed by atoms with Gasteiger partial charge in [-0.3, -0.25) is 9.59 Å². The zero-order valence-electron chi connectivity index (χ0n) is 14.5. The first-order chi connectivity index (χ1) is 13.0. The maximum Gasteiger partial charge on any atom is 0.339 e.